The van der Waals surface area contributed by atoms with E-state index in [0.29, 0.717) is 5.92 Å². The van der Waals surface area contributed by atoms with E-state index in [4.69, 9.17) is 0 Å². The molecule has 2 atom stereocenters. The van der Waals surface area contributed by atoms with Gasteiger partial charge in [-0.2, -0.15) is 0 Å². The molecular formula is C15H26N2O2. The van der Waals surface area contributed by atoms with Gasteiger partial charge in [0.2, 0.25) is 11.8 Å². The van der Waals surface area contributed by atoms with Crippen LogP contribution in [0.3, 0.4) is 0 Å². The first kappa shape index (κ1) is 14.4. The molecule has 2 aliphatic rings. The lowest BCUT2D eigenvalue weighted by molar-refractivity contribution is -0.153. The summed E-state index contributed by atoms with van der Waals surface area (Å²) in [6.45, 7) is 8.85. The van der Waals surface area contributed by atoms with Crippen LogP contribution in [-0.2, 0) is 9.59 Å². The molecule has 4 nitrogen and oxygen atoms in total. The summed E-state index contributed by atoms with van der Waals surface area (Å²) >= 11 is 0. The minimum Gasteiger partial charge on any atom is -0.342 e. The molecule has 0 spiro atoms. The largest absolute Gasteiger partial charge is 0.342 e. The van der Waals surface area contributed by atoms with Crippen molar-refractivity contribution in [1.82, 2.24) is 10.2 Å². The van der Waals surface area contributed by atoms with Gasteiger partial charge in [-0.1, -0.05) is 34.1 Å². The van der Waals surface area contributed by atoms with Gasteiger partial charge in [0, 0.05) is 6.54 Å². The van der Waals surface area contributed by atoms with Crippen molar-refractivity contribution in [2.24, 2.45) is 11.3 Å². The molecule has 1 heterocycles. The van der Waals surface area contributed by atoms with E-state index < -0.39 is 0 Å². The molecule has 0 bridgehead atoms. The second-order valence-electron chi connectivity index (χ2n) is 6.98. The number of nitrogens with zero attached hydrogens (tertiary/aromatic N) is 1. The summed E-state index contributed by atoms with van der Waals surface area (Å²) in [6.07, 6.45) is 4.17. The van der Waals surface area contributed by atoms with Crippen LogP contribution in [0.15, 0.2) is 0 Å². The number of nitrogens with one attached hydrogen (secondary N) is 1. The van der Waals surface area contributed by atoms with Crippen molar-refractivity contribution in [3.8, 4) is 0 Å². The third-order valence-corrected chi connectivity index (χ3v) is 4.11. The van der Waals surface area contributed by atoms with Gasteiger partial charge in [-0.25, -0.2) is 0 Å². The Labute approximate surface area is 115 Å². The van der Waals surface area contributed by atoms with E-state index in [-0.39, 0.29) is 29.3 Å². The molecule has 0 aromatic heterocycles. The Morgan fingerprint density at radius 1 is 1.26 bits per heavy atom. The van der Waals surface area contributed by atoms with Crippen LogP contribution in [0.5, 0.6) is 0 Å². The molecule has 108 valence electrons. The Morgan fingerprint density at radius 2 is 1.89 bits per heavy atom. The van der Waals surface area contributed by atoms with E-state index in [2.05, 4.69) is 12.2 Å². The third kappa shape index (κ3) is 2.93. The lowest BCUT2D eigenvalue weighted by Crippen LogP contribution is -2.67. The molecule has 0 aromatic carbocycles. The van der Waals surface area contributed by atoms with Crippen LogP contribution in [-0.4, -0.2) is 35.3 Å². The molecule has 2 rings (SSSR count). The first-order chi connectivity index (χ1) is 8.86. The molecule has 1 aliphatic carbocycles. The average Bonchev–Trinajstić information content (AvgIpc) is 3.12. The molecule has 0 aromatic rings. The van der Waals surface area contributed by atoms with Gasteiger partial charge in [0.15, 0.2) is 0 Å². The van der Waals surface area contributed by atoms with Gasteiger partial charge >= 0.3 is 0 Å². The maximum absolute atomic E-state index is 12.7. The number of carbonyl (C=O) groups is 2. The van der Waals surface area contributed by atoms with Crippen LogP contribution in [0.2, 0.25) is 0 Å². The Morgan fingerprint density at radius 3 is 2.37 bits per heavy atom. The molecule has 2 fully saturated rings. The molecule has 19 heavy (non-hydrogen) atoms. The predicted octanol–water partition coefficient (Wildman–Crippen LogP) is 1.94. The fraction of sp³-hybridized carbons (Fsp3) is 0.867. The summed E-state index contributed by atoms with van der Waals surface area (Å²) in [6, 6.07) is -0.593. The first-order valence-electron chi connectivity index (χ1n) is 7.47. The summed E-state index contributed by atoms with van der Waals surface area (Å²) < 4.78 is 0. The number of hydrogen-bond donors (Lipinski definition) is 1. The van der Waals surface area contributed by atoms with Gasteiger partial charge in [-0.3, -0.25) is 9.59 Å². The number of hydrogen-bond acceptors (Lipinski definition) is 2. The first-order valence-corrected chi connectivity index (χ1v) is 7.47. The lowest BCUT2D eigenvalue weighted by atomic mass is 9.83. The Kier molecular flexibility index (Phi) is 3.88. The van der Waals surface area contributed by atoms with Gasteiger partial charge in [0.1, 0.15) is 12.1 Å². The fourth-order valence-electron chi connectivity index (χ4n) is 2.78. The molecule has 2 unspecified atom stereocenters. The number of piperazine rings is 1. The third-order valence-electron chi connectivity index (χ3n) is 4.11. The molecule has 1 aliphatic heterocycles. The zero-order chi connectivity index (χ0) is 14.2. The van der Waals surface area contributed by atoms with Crippen molar-refractivity contribution in [3.63, 3.8) is 0 Å². The monoisotopic (exact) mass is 266 g/mol. The number of carbonyl (C=O) groups excluding carboxylic acids is 2. The number of amides is 2. The molecule has 1 saturated carbocycles. The second-order valence-corrected chi connectivity index (χ2v) is 6.98. The van der Waals surface area contributed by atoms with Gasteiger partial charge in [0.25, 0.3) is 0 Å². The molecule has 2 amide bonds. The number of rotatable bonds is 4. The van der Waals surface area contributed by atoms with Crippen molar-refractivity contribution >= 4 is 11.8 Å². The molecular weight excluding hydrogens is 240 g/mol. The maximum Gasteiger partial charge on any atom is 0.246 e. The predicted molar refractivity (Wildman–Crippen MR) is 74.5 cm³/mol. The van der Waals surface area contributed by atoms with E-state index in [9.17, 15) is 9.59 Å². The lowest BCUT2D eigenvalue weighted by Gasteiger charge is -2.43. The quantitative estimate of drug-likeness (QED) is 0.845. The van der Waals surface area contributed by atoms with Crippen LogP contribution in [0, 0.1) is 11.3 Å². The van der Waals surface area contributed by atoms with Crippen molar-refractivity contribution in [3.05, 3.63) is 0 Å². The van der Waals surface area contributed by atoms with Crippen LogP contribution in [0.1, 0.15) is 53.4 Å². The zero-order valence-corrected chi connectivity index (χ0v) is 12.5. The average molecular weight is 266 g/mol. The van der Waals surface area contributed by atoms with Gasteiger partial charge in [-0.15, -0.1) is 0 Å². The highest BCUT2D eigenvalue weighted by Gasteiger charge is 2.50. The number of unbranched alkanes of at least 4 members (excludes halogenated alkanes) is 1. The topological polar surface area (TPSA) is 49.4 Å². The molecule has 0 radical (unpaired) electrons. The summed E-state index contributed by atoms with van der Waals surface area (Å²) in [7, 11) is 0. The van der Waals surface area contributed by atoms with Crippen LogP contribution >= 0.6 is 0 Å². The molecule has 1 N–H and O–H groups in total. The van der Waals surface area contributed by atoms with E-state index in [0.717, 1.165) is 32.2 Å². The summed E-state index contributed by atoms with van der Waals surface area (Å²) in [5.74, 6) is 0.553. The standard InChI is InChI=1S/C15H26N2O2/c1-5-6-9-17-11(10-7-8-10)13(18)16-12(14(17)19)15(2,3)4/h10-12H,5-9H2,1-4H3,(H,16,18). The summed E-state index contributed by atoms with van der Waals surface area (Å²) in [5.41, 5.74) is -0.230. The van der Waals surface area contributed by atoms with Gasteiger partial charge in [-0.05, 0) is 30.6 Å². The van der Waals surface area contributed by atoms with E-state index in [1.165, 1.54) is 0 Å². The smallest absolute Gasteiger partial charge is 0.246 e. The maximum atomic E-state index is 12.7. The Hall–Kier alpha value is -1.06. The molecule has 4 heteroatoms. The van der Waals surface area contributed by atoms with Crippen molar-refractivity contribution in [2.45, 2.75) is 65.5 Å². The minimum absolute atomic E-state index is 0.0538. The summed E-state index contributed by atoms with van der Waals surface area (Å²) in [5, 5.41) is 2.95. The van der Waals surface area contributed by atoms with E-state index in [1.807, 2.05) is 25.7 Å². The minimum atomic E-state index is -0.383. The van der Waals surface area contributed by atoms with Gasteiger partial charge in [0.05, 0.1) is 0 Å². The highest BCUT2D eigenvalue weighted by molar-refractivity contribution is 5.97. The Bertz CT molecular complexity index is 369. The highest BCUT2D eigenvalue weighted by atomic mass is 16.2. The van der Waals surface area contributed by atoms with Crippen molar-refractivity contribution in [1.29, 1.82) is 0 Å². The van der Waals surface area contributed by atoms with Crippen molar-refractivity contribution < 1.29 is 9.59 Å². The van der Waals surface area contributed by atoms with Crippen LogP contribution in [0.25, 0.3) is 0 Å². The van der Waals surface area contributed by atoms with E-state index in [1.54, 1.807) is 0 Å². The molecule has 1 saturated heterocycles. The van der Waals surface area contributed by atoms with Crippen LogP contribution < -0.4 is 5.32 Å². The Balaban J connectivity index is 2.20. The SMILES string of the molecule is CCCCN1C(=O)C(C(C)(C)C)NC(=O)C1C1CC1. The van der Waals surface area contributed by atoms with Crippen LogP contribution in [0.4, 0.5) is 0 Å². The van der Waals surface area contributed by atoms with E-state index >= 15 is 0 Å². The normalized spacial score (nSPS) is 28.5. The zero-order valence-electron chi connectivity index (χ0n) is 12.5. The second kappa shape index (κ2) is 5.14. The van der Waals surface area contributed by atoms with Gasteiger partial charge < -0.3 is 10.2 Å². The van der Waals surface area contributed by atoms with Crippen molar-refractivity contribution in [2.75, 3.05) is 6.54 Å². The highest BCUT2D eigenvalue weighted by Crippen LogP contribution is 2.38. The fourth-order valence-corrected chi connectivity index (χ4v) is 2.78. The summed E-state index contributed by atoms with van der Waals surface area (Å²) in [4.78, 5) is 26.9.